The lowest BCUT2D eigenvalue weighted by molar-refractivity contribution is -0.191. The molecule has 2 aromatic heterocycles. The third kappa shape index (κ3) is 5.20. The smallest absolute Gasteiger partial charge is 0.348 e. The summed E-state index contributed by atoms with van der Waals surface area (Å²) in [5, 5.41) is 42.1. The van der Waals surface area contributed by atoms with Crippen molar-refractivity contribution in [3.63, 3.8) is 0 Å². The molecule has 13 nitrogen and oxygen atoms in total. The molecule has 0 spiro atoms. The molecule has 1 aliphatic carbocycles. The largest absolute Gasteiger partial charge is 0.479 e. The van der Waals surface area contributed by atoms with E-state index in [0.717, 1.165) is 19.4 Å². The normalized spacial score (nSPS) is 24.3. The molecule has 0 amide bonds. The first-order valence-corrected chi connectivity index (χ1v) is 13.2. The second-order valence-electron chi connectivity index (χ2n) is 10.3. The van der Waals surface area contributed by atoms with Gasteiger partial charge in [-0.3, -0.25) is 4.57 Å². The Hall–Kier alpha value is -3.80. The number of hydrogen-bond donors (Lipinski definition) is 4. The minimum absolute atomic E-state index is 0.0786. The summed E-state index contributed by atoms with van der Waals surface area (Å²) in [7, 11) is 1.85. The summed E-state index contributed by atoms with van der Waals surface area (Å²) in [5.41, 5.74) is -4.16. The van der Waals surface area contributed by atoms with Crippen LogP contribution in [0.2, 0.25) is 5.28 Å². The topological polar surface area (TPSA) is 180 Å². The van der Waals surface area contributed by atoms with E-state index in [-0.39, 0.29) is 10.9 Å². The van der Waals surface area contributed by atoms with Crippen LogP contribution in [0.3, 0.4) is 0 Å². The number of aliphatic hydroxyl groups is 2. The Morgan fingerprint density at radius 2 is 1.95 bits per heavy atom. The van der Waals surface area contributed by atoms with Gasteiger partial charge in [-0.05, 0) is 35.9 Å². The molecule has 4 N–H and O–H groups in total. The third-order valence-corrected chi connectivity index (χ3v) is 7.62. The van der Waals surface area contributed by atoms with E-state index in [0.29, 0.717) is 22.8 Å². The molecule has 41 heavy (non-hydrogen) atoms. The van der Waals surface area contributed by atoms with Crippen LogP contribution in [-0.2, 0) is 25.5 Å². The van der Waals surface area contributed by atoms with E-state index in [9.17, 15) is 30.0 Å². The van der Waals surface area contributed by atoms with E-state index in [1.54, 1.807) is 30.3 Å². The summed E-state index contributed by atoms with van der Waals surface area (Å²) in [6, 6.07) is 8.06. The van der Waals surface area contributed by atoms with Gasteiger partial charge >= 0.3 is 11.9 Å². The van der Waals surface area contributed by atoms with Crippen molar-refractivity contribution in [3.05, 3.63) is 47.5 Å². The number of ether oxygens (including phenoxy) is 2. The Morgan fingerprint density at radius 3 is 2.56 bits per heavy atom. The van der Waals surface area contributed by atoms with Gasteiger partial charge in [-0.25, -0.2) is 14.6 Å². The lowest BCUT2D eigenvalue weighted by Crippen LogP contribution is -2.55. The summed E-state index contributed by atoms with van der Waals surface area (Å²) in [5.74, 6) is -0.408. The third-order valence-electron chi connectivity index (χ3n) is 7.46. The SMILES string of the molecule is C#C[C@@]1(O)[C@@H](COC(Cc2ccccc2)(C(=O)O)C(=O)O)O[C@@H](n2cnc3c(N(C)CC4CC4)nc(Cl)nc32)[C@@H]1O. The molecule has 3 heterocycles. The summed E-state index contributed by atoms with van der Waals surface area (Å²) in [4.78, 5) is 39.3. The van der Waals surface area contributed by atoms with Crippen LogP contribution >= 0.6 is 11.6 Å². The van der Waals surface area contributed by atoms with Crippen LogP contribution in [0.1, 0.15) is 24.6 Å². The fourth-order valence-corrected chi connectivity index (χ4v) is 5.10. The number of terminal acetylenes is 1. The summed E-state index contributed by atoms with van der Waals surface area (Å²) in [6.45, 7) is -0.0383. The van der Waals surface area contributed by atoms with Crippen molar-refractivity contribution in [3.8, 4) is 12.3 Å². The van der Waals surface area contributed by atoms with Crippen molar-refractivity contribution in [2.75, 3.05) is 25.1 Å². The van der Waals surface area contributed by atoms with Crippen molar-refractivity contribution < 1.29 is 39.5 Å². The fourth-order valence-electron chi connectivity index (χ4n) is 4.94. The average Bonchev–Trinajstić information content (AvgIpc) is 3.61. The molecule has 1 saturated heterocycles. The quantitative estimate of drug-likeness (QED) is 0.143. The van der Waals surface area contributed by atoms with Gasteiger partial charge in [-0.15, -0.1) is 6.42 Å². The van der Waals surface area contributed by atoms with Gasteiger partial charge in [0.25, 0.3) is 5.60 Å². The maximum Gasteiger partial charge on any atom is 0.348 e. The van der Waals surface area contributed by atoms with Crippen molar-refractivity contribution in [2.45, 2.75) is 48.9 Å². The second kappa shape index (κ2) is 10.9. The number of aromatic nitrogens is 4. The predicted molar refractivity (Wildman–Crippen MR) is 144 cm³/mol. The van der Waals surface area contributed by atoms with Crippen LogP contribution in [0, 0.1) is 18.3 Å². The van der Waals surface area contributed by atoms with Crippen molar-refractivity contribution in [1.82, 2.24) is 19.5 Å². The van der Waals surface area contributed by atoms with Gasteiger partial charge in [0.1, 0.15) is 12.2 Å². The van der Waals surface area contributed by atoms with Gasteiger partial charge in [0.2, 0.25) is 5.28 Å². The number of aliphatic hydroxyl groups excluding tert-OH is 1. The number of aliphatic carboxylic acids is 2. The Morgan fingerprint density at radius 1 is 1.27 bits per heavy atom. The van der Waals surface area contributed by atoms with Gasteiger partial charge in [0.15, 0.2) is 28.8 Å². The highest BCUT2D eigenvalue weighted by Gasteiger charge is 2.58. The Balaban J connectivity index is 1.44. The van der Waals surface area contributed by atoms with Crippen molar-refractivity contribution in [2.24, 2.45) is 5.92 Å². The van der Waals surface area contributed by atoms with Crippen LogP contribution in [-0.4, -0.2) is 95.5 Å². The number of rotatable bonds is 11. The highest BCUT2D eigenvalue weighted by molar-refractivity contribution is 6.28. The highest BCUT2D eigenvalue weighted by Crippen LogP contribution is 2.40. The van der Waals surface area contributed by atoms with E-state index in [2.05, 4.69) is 20.9 Å². The van der Waals surface area contributed by atoms with Gasteiger partial charge in [0, 0.05) is 20.0 Å². The number of benzene rings is 1. The molecule has 5 rings (SSSR count). The van der Waals surface area contributed by atoms with Crippen molar-refractivity contribution in [1.29, 1.82) is 0 Å². The molecule has 2 aliphatic rings. The van der Waals surface area contributed by atoms with Crippen LogP contribution in [0.5, 0.6) is 0 Å². The Kier molecular flexibility index (Phi) is 7.62. The lowest BCUT2D eigenvalue weighted by atomic mass is 9.92. The van der Waals surface area contributed by atoms with Gasteiger partial charge in [0.05, 0.1) is 12.9 Å². The second-order valence-corrected chi connectivity index (χ2v) is 10.6. The zero-order valence-electron chi connectivity index (χ0n) is 21.9. The van der Waals surface area contributed by atoms with E-state index in [4.69, 9.17) is 27.5 Å². The molecule has 0 unspecified atom stereocenters. The van der Waals surface area contributed by atoms with E-state index < -0.39 is 54.6 Å². The molecule has 3 aromatic rings. The van der Waals surface area contributed by atoms with E-state index >= 15 is 0 Å². The summed E-state index contributed by atoms with van der Waals surface area (Å²) >= 11 is 6.22. The minimum atomic E-state index is -2.73. The number of carboxylic acids is 2. The molecule has 2 fully saturated rings. The summed E-state index contributed by atoms with van der Waals surface area (Å²) in [6.07, 6.45) is 3.97. The number of anilines is 1. The minimum Gasteiger partial charge on any atom is -0.479 e. The predicted octanol–water partition coefficient (Wildman–Crippen LogP) is 1.12. The standard InChI is InChI=1S/C27H28ClN5O8/c1-3-26(39)17(13-40-27(23(35)36,24(37)38)11-15-7-5-4-6-8-15)41-22(19(26)34)33-14-29-18-20(30-25(28)31-21(18)33)32(2)12-16-9-10-16/h1,4-8,14,16-17,19,22,34,39H,9-13H2,2H3,(H,35,36)(H,37,38)/t17-,19+,22-,26-/m1/s1. The molecule has 0 radical (unpaired) electrons. The van der Waals surface area contributed by atoms with Gasteiger partial charge < -0.3 is 34.8 Å². The van der Waals surface area contributed by atoms with Crippen LogP contribution in [0.4, 0.5) is 5.82 Å². The molecule has 1 aliphatic heterocycles. The number of carboxylic acid groups (broad SMARTS) is 2. The molecular formula is C27H28ClN5O8. The number of imidazole rings is 1. The molecule has 0 bridgehead atoms. The maximum absolute atomic E-state index is 12.2. The zero-order valence-corrected chi connectivity index (χ0v) is 22.7. The molecule has 14 heteroatoms. The molecular weight excluding hydrogens is 558 g/mol. The fraction of sp³-hybridized carbons (Fsp3) is 0.444. The zero-order chi connectivity index (χ0) is 29.5. The number of nitrogens with zero attached hydrogens (tertiary/aromatic N) is 5. The molecule has 1 aromatic carbocycles. The molecule has 216 valence electrons. The Bertz CT molecular complexity index is 1490. The molecule has 1 saturated carbocycles. The number of fused-ring (bicyclic) bond motifs is 1. The maximum atomic E-state index is 12.2. The first-order valence-electron chi connectivity index (χ1n) is 12.8. The summed E-state index contributed by atoms with van der Waals surface area (Å²) < 4.78 is 12.7. The van der Waals surface area contributed by atoms with Crippen LogP contribution in [0.15, 0.2) is 36.7 Å². The first-order chi connectivity index (χ1) is 19.5. The van der Waals surface area contributed by atoms with Crippen LogP contribution in [0.25, 0.3) is 11.2 Å². The van der Waals surface area contributed by atoms with Crippen LogP contribution < -0.4 is 4.90 Å². The average molecular weight is 586 g/mol. The van der Waals surface area contributed by atoms with Gasteiger partial charge in [-0.2, -0.15) is 9.97 Å². The number of hydrogen-bond acceptors (Lipinski definition) is 10. The lowest BCUT2D eigenvalue weighted by Gasteiger charge is -2.30. The number of halogens is 1. The van der Waals surface area contributed by atoms with E-state index in [1.165, 1.54) is 10.9 Å². The molecule has 4 atom stereocenters. The Labute approximate surface area is 239 Å². The highest BCUT2D eigenvalue weighted by atomic mass is 35.5. The van der Waals surface area contributed by atoms with E-state index in [1.807, 2.05) is 11.9 Å². The number of carbonyl (C=O) groups is 2. The first kappa shape index (κ1) is 28.7. The van der Waals surface area contributed by atoms with Crippen molar-refractivity contribution >= 4 is 40.5 Å². The van der Waals surface area contributed by atoms with Gasteiger partial charge in [-0.1, -0.05) is 36.3 Å². The monoisotopic (exact) mass is 585 g/mol.